The minimum Gasteiger partial charge on any atom is -0.439 e. The van der Waals surface area contributed by atoms with E-state index >= 15 is 0 Å². The zero-order valence-electron chi connectivity index (χ0n) is 13.9. The number of rotatable bonds is 5. The van der Waals surface area contributed by atoms with E-state index in [0.29, 0.717) is 30.3 Å². The maximum Gasteiger partial charge on any atom is 0.254 e. The Kier molecular flexibility index (Phi) is 5.43. The topological polar surface area (TPSA) is 51.7 Å². The van der Waals surface area contributed by atoms with Crippen molar-refractivity contribution < 1.29 is 14.3 Å². The van der Waals surface area contributed by atoms with Crippen molar-refractivity contribution in [3.05, 3.63) is 54.2 Å². The molecule has 1 atom stereocenters. The molecule has 5 nitrogen and oxygen atoms in total. The van der Waals surface area contributed by atoms with E-state index in [-0.39, 0.29) is 12.0 Å². The molecule has 0 unspecified atom stereocenters. The number of pyridine rings is 1. The van der Waals surface area contributed by atoms with Crippen molar-refractivity contribution in [2.24, 2.45) is 0 Å². The third-order valence-corrected chi connectivity index (χ3v) is 4.02. The largest absolute Gasteiger partial charge is 0.439 e. The van der Waals surface area contributed by atoms with Crippen LogP contribution in [0.25, 0.3) is 0 Å². The predicted molar refractivity (Wildman–Crippen MR) is 91.3 cm³/mol. The Labute approximate surface area is 142 Å². The van der Waals surface area contributed by atoms with Crippen LogP contribution in [0.5, 0.6) is 11.6 Å². The predicted octanol–water partition coefficient (Wildman–Crippen LogP) is 3.52. The number of aromatic nitrogens is 1. The molecule has 5 heteroatoms. The van der Waals surface area contributed by atoms with Crippen LogP contribution in [0.2, 0.25) is 0 Å². The molecule has 1 aromatic heterocycles. The molecule has 1 aliphatic heterocycles. The van der Waals surface area contributed by atoms with Crippen molar-refractivity contribution >= 4 is 5.91 Å². The summed E-state index contributed by atoms with van der Waals surface area (Å²) in [5.41, 5.74) is 0.591. The molecule has 1 amide bonds. The summed E-state index contributed by atoms with van der Waals surface area (Å²) in [5.74, 6) is 1.12. The number of hydrogen-bond acceptors (Lipinski definition) is 4. The summed E-state index contributed by atoms with van der Waals surface area (Å²) in [7, 11) is 0. The molecule has 0 saturated carbocycles. The van der Waals surface area contributed by atoms with Crippen LogP contribution in [0, 0.1) is 0 Å². The number of nitrogens with zero attached hydrogens (tertiary/aromatic N) is 2. The van der Waals surface area contributed by atoms with Gasteiger partial charge in [-0.25, -0.2) is 4.98 Å². The molecular formula is C19H22N2O3. The summed E-state index contributed by atoms with van der Waals surface area (Å²) in [5, 5.41) is 0. The van der Waals surface area contributed by atoms with E-state index in [1.807, 2.05) is 42.2 Å². The Balaban J connectivity index is 1.70. The number of likely N-dealkylation sites (tertiary alicyclic amines) is 1. The molecule has 126 valence electrons. The molecule has 24 heavy (non-hydrogen) atoms. The number of carbonyl (C=O) groups excluding carboxylic acids is 1. The molecule has 0 radical (unpaired) electrons. The Bertz CT molecular complexity index is 673. The van der Waals surface area contributed by atoms with Crippen LogP contribution in [-0.2, 0) is 4.74 Å². The van der Waals surface area contributed by atoms with E-state index in [9.17, 15) is 4.79 Å². The van der Waals surface area contributed by atoms with Crippen LogP contribution in [0.3, 0.4) is 0 Å². The first-order chi connectivity index (χ1) is 11.8. The smallest absolute Gasteiger partial charge is 0.254 e. The summed E-state index contributed by atoms with van der Waals surface area (Å²) >= 11 is 0. The molecule has 3 rings (SSSR count). The maximum absolute atomic E-state index is 12.7. The summed E-state index contributed by atoms with van der Waals surface area (Å²) in [6.45, 7) is 4.07. The number of piperidine rings is 1. The molecule has 0 spiro atoms. The van der Waals surface area contributed by atoms with Gasteiger partial charge < -0.3 is 14.4 Å². The second-order valence-electron chi connectivity index (χ2n) is 5.77. The lowest BCUT2D eigenvalue weighted by Crippen LogP contribution is -2.43. The quantitative estimate of drug-likeness (QED) is 0.843. The molecule has 1 fully saturated rings. The lowest BCUT2D eigenvalue weighted by Gasteiger charge is -2.32. The average molecular weight is 326 g/mol. The zero-order chi connectivity index (χ0) is 16.8. The summed E-state index contributed by atoms with van der Waals surface area (Å²) in [6, 6.07) is 12.8. The van der Waals surface area contributed by atoms with Gasteiger partial charge in [-0.1, -0.05) is 18.2 Å². The summed E-state index contributed by atoms with van der Waals surface area (Å²) in [4.78, 5) is 18.8. The van der Waals surface area contributed by atoms with Crippen molar-refractivity contribution in [1.82, 2.24) is 9.88 Å². The van der Waals surface area contributed by atoms with Gasteiger partial charge in [-0.3, -0.25) is 4.79 Å². The number of hydrogen-bond donors (Lipinski definition) is 0. The highest BCUT2D eigenvalue weighted by Crippen LogP contribution is 2.21. The monoisotopic (exact) mass is 326 g/mol. The Morgan fingerprint density at radius 1 is 1.29 bits per heavy atom. The molecule has 0 bridgehead atoms. The number of amides is 1. The van der Waals surface area contributed by atoms with Crippen LogP contribution in [0.15, 0.2) is 48.7 Å². The second-order valence-corrected chi connectivity index (χ2v) is 5.77. The zero-order valence-corrected chi connectivity index (χ0v) is 13.9. The first kappa shape index (κ1) is 16.5. The van der Waals surface area contributed by atoms with Crippen molar-refractivity contribution in [3.8, 4) is 11.6 Å². The van der Waals surface area contributed by atoms with Crippen molar-refractivity contribution in [2.45, 2.75) is 25.9 Å². The first-order valence-electron chi connectivity index (χ1n) is 8.36. The normalized spacial score (nSPS) is 17.5. The second kappa shape index (κ2) is 7.93. The lowest BCUT2D eigenvalue weighted by molar-refractivity contribution is 0.00723. The van der Waals surface area contributed by atoms with Gasteiger partial charge >= 0.3 is 0 Å². The fourth-order valence-corrected chi connectivity index (χ4v) is 2.88. The van der Waals surface area contributed by atoms with E-state index in [0.717, 1.165) is 19.4 Å². The van der Waals surface area contributed by atoms with E-state index in [1.165, 1.54) is 0 Å². The summed E-state index contributed by atoms with van der Waals surface area (Å²) < 4.78 is 11.4. The molecule has 0 aliphatic carbocycles. The standard InChI is InChI=1S/C19H22N2O3/c1-2-23-17-9-6-12-21(14-17)19(22)15-10-11-20-18(13-15)24-16-7-4-3-5-8-16/h3-5,7-8,10-11,13,17H,2,6,9,12,14H2,1H3/t17-/m0/s1. The van der Waals surface area contributed by atoms with Gasteiger partial charge in [0.15, 0.2) is 0 Å². The highest BCUT2D eigenvalue weighted by atomic mass is 16.5. The van der Waals surface area contributed by atoms with Crippen LogP contribution >= 0.6 is 0 Å². The van der Waals surface area contributed by atoms with Crippen molar-refractivity contribution in [1.29, 1.82) is 0 Å². The minimum atomic E-state index is -0.000264. The van der Waals surface area contributed by atoms with Crippen LogP contribution in [0.4, 0.5) is 0 Å². The van der Waals surface area contributed by atoms with Gasteiger partial charge in [0.25, 0.3) is 5.91 Å². The van der Waals surface area contributed by atoms with Gasteiger partial charge in [-0.15, -0.1) is 0 Å². The van der Waals surface area contributed by atoms with Gasteiger partial charge in [0, 0.05) is 37.5 Å². The highest BCUT2D eigenvalue weighted by molar-refractivity contribution is 5.94. The fourth-order valence-electron chi connectivity index (χ4n) is 2.88. The van der Waals surface area contributed by atoms with Crippen LogP contribution < -0.4 is 4.74 Å². The number of ether oxygens (including phenoxy) is 2. The van der Waals surface area contributed by atoms with Gasteiger partial charge in [-0.2, -0.15) is 0 Å². The number of para-hydroxylation sites is 1. The van der Waals surface area contributed by atoms with E-state index in [2.05, 4.69) is 4.98 Å². The molecule has 0 N–H and O–H groups in total. The van der Waals surface area contributed by atoms with Gasteiger partial charge in [-0.05, 0) is 38.0 Å². The first-order valence-corrected chi connectivity index (χ1v) is 8.36. The van der Waals surface area contributed by atoms with Gasteiger partial charge in [0.05, 0.1) is 6.10 Å². The molecular weight excluding hydrogens is 304 g/mol. The molecule has 1 aromatic carbocycles. The molecule has 1 aliphatic rings. The number of benzene rings is 1. The fraction of sp³-hybridized carbons (Fsp3) is 0.368. The van der Waals surface area contributed by atoms with Crippen LogP contribution in [0.1, 0.15) is 30.1 Å². The van der Waals surface area contributed by atoms with Crippen molar-refractivity contribution in [2.75, 3.05) is 19.7 Å². The summed E-state index contributed by atoms with van der Waals surface area (Å²) in [6.07, 6.45) is 3.72. The molecule has 2 heterocycles. The lowest BCUT2D eigenvalue weighted by atomic mass is 10.1. The molecule has 1 saturated heterocycles. The average Bonchev–Trinajstić information content (AvgIpc) is 2.63. The Morgan fingerprint density at radius 2 is 2.12 bits per heavy atom. The highest BCUT2D eigenvalue weighted by Gasteiger charge is 2.25. The van der Waals surface area contributed by atoms with Crippen LogP contribution in [-0.4, -0.2) is 41.6 Å². The Morgan fingerprint density at radius 3 is 2.92 bits per heavy atom. The molecule has 2 aromatic rings. The van der Waals surface area contributed by atoms with Gasteiger partial charge in [0.2, 0.25) is 5.88 Å². The maximum atomic E-state index is 12.7. The number of carbonyl (C=O) groups is 1. The van der Waals surface area contributed by atoms with E-state index < -0.39 is 0 Å². The SMILES string of the molecule is CCO[C@H]1CCCN(C(=O)c2ccnc(Oc3ccccc3)c2)C1. The van der Waals surface area contributed by atoms with E-state index in [1.54, 1.807) is 18.3 Å². The minimum absolute atomic E-state index is 0.000264. The third-order valence-electron chi connectivity index (χ3n) is 4.02. The van der Waals surface area contributed by atoms with Crippen molar-refractivity contribution in [3.63, 3.8) is 0 Å². The van der Waals surface area contributed by atoms with E-state index in [4.69, 9.17) is 9.47 Å². The van der Waals surface area contributed by atoms with Gasteiger partial charge in [0.1, 0.15) is 5.75 Å². The Hall–Kier alpha value is -2.40. The third kappa shape index (κ3) is 4.11.